The molecule has 0 saturated heterocycles. The zero-order valence-electron chi connectivity index (χ0n) is 12.3. The van der Waals surface area contributed by atoms with E-state index in [0.717, 1.165) is 11.3 Å². The van der Waals surface area contributed by atoms with Gasteiger partial charge in [-0.25, -0.2) is 0 Å². The van der Waals surface area contributed by atoms with E-state index in [1.807, 2.05) is 54.6 Å². The second-order valence-electron chi connectivity index (χ2n) is 4.89. The van der Waals surface area contributed by atoms with E-state index >= 15 is 0 Å². The van der Waals surface area contributed by atoms with Crippen molar-refractivity contribution in [2.45, 2.75) is 6.61 Å². The molecular formula is C18H15BrN2O2. The molecule has 5 heteroatoms. The fourth-order valence-electron chi connectivity index (χ4n) is 2.03. The van der Waals surface area contributed by atoms with Gasteiger partial charge in [-0.3, -0.25) is 4.98 Å². The van der Waals surface area contributed by atoms with Crippen LogP contribution in [0.15, 0.2) is 71.5 Å². The fraction of sp³-hybridized carbons (Fsp3) is 0.0556. The lowest BCUT2D eigenvalue weighted by molar-refractivity contribution is 0.304. The molecule has 3 aromatic rings. The number of benzene rings is 2. The molecule has 0 aliphatic carbocycles. The second kappa shape index (κ2) is 7.15. The van der Waals surface area contributed by atoms with Crippen LogP contribution >= 0.6 is 15.9 Å². The molecule has 0 aliphatic heterocycles. The van der Waals surface area contributed by atoms with Crippen LogP contribution in [0.1, 0.15) is 5.56 Å². The Morgan fingerprint density at radius 1 is 0.957 bits per heavy atom. The number of hydrogen-bond donors (Lipinski definition) is 1. The summed E-state index contributed by atoms with van der Waals surface area (Å²) in [6, 6.07) is 17.4. The number of nitrogen functional groups attached to an aromatic ring is 1. The summed E-state index contributed by atoms with van der Waals surface area (Å²) < 4.78 is 12.3. The maximum atomic E-state index is 5.89. The number of halogens is 1. The van der Waals surface area contributed by atoms with Gasteiger partial charge in [0, 0.05) is 12.3 Å². The third-order valence-corrected chi connectivity index (χ3v) is 3.72. The number of ether oxygens (including phenoxy) is 2. The first-order valence-electron chi connectivity index (χ1n) is 7.06. The monoisotopic (exact) mass is 370 g/mol. The first kappa shape index (κ1) is 15.4. The lowest BCUT2D eigenvalue weighted by atomic mass is 10.2. The Morgan fingerprint density at radius 3 is 2.52 bits per heavy atom. The van der Waals surface area contributed by atoms with Crippen molar-refractivity contribution < 1.29 is 9.47 Å². The van der Waals surface area contributed by atoms with Crippen molar-refractivity contribution in [2.24, 2.45) is 0 Å². The lowest BCUT2D eigenvalue weighted by Crippen LogP contribution is -1.96. The van der Waals surface area contributed by atoms with Crippen LogP contribution in [0.3, 0.4) is 0 Å². The summed E-state index contributed by atoms with van der Waals surface area (Å²) in [5.74, 6) is 1.92. The van der Waals surface area contributed by atoms with E-state index < -0.39 is 0 Å². The van der Waals surface area contributed by atoms with Gasteiger partial charge >= 0.3 is 0 Å². The summed E-state index contributed by atoms with van der Waals surface area (Å²) in [5, 5.41) is 0. The van der Waals surface area contributed by atoms with Crippen LogP contribution in [-0.2, 0) is 6.61 Å². The highest BCUT2D eigenvalue weighted by Crippen LogP contribution is 2.35. The Balaban J connectivity index is 1.72. The number of nitrogens with two attached hydrogens (primary N) is 1. The van der Waals surface area contributed by atoms with Crippen LogP contribution in [-0.4, -0.2) is 4.98 Å². The molecule has 0 atom stereocenters. The van der Waals surface area contributed by atoms with E-state index in [2.05, 4.69) is 20.9 Å². The van der Waals surface area contributed by atoms with E-state index in [1.54, 1.807) is 12.4 Å². The number of anilines is 1. The number of nitrogens with zero attached hydrogens (tertiary/aromatic N) is 1. The molecule has 0 unspecified atom stereocenters. The minimum absolute atomic E-state index is 0.468. The van der Waals surface area contributed by atoms with Gasteiger partial charge in [0.2, 0.25) is 0 Å². The molecule has 0 radical (unpaired) electrons. The molecule has 0 aliphatic rings. The van der Waals surface area contributed by atoms with Gasteiger partial charge in [-0.2, -0.15) is 0 Å². The normalized spacial score (nSPS) is 10.3. The van der Waals surface area contributed by atoms with Gasteiger partial charge in [0.15, 0.2) is 5.75 Å². The molecule has 0 spiro atoms. The van der Waals surface area contributed by atoms with Gasteiger partial charge in [0.25, 0.3) is 0 Å². The summed E-state index contributed by atoms with van der Waals surface area (Å²) in [7, 11) is 0. The van der Waals surface area contributed by atoms with Gasteiger partial charge in [0.05, 0.1) is 16.4 Å². The highest BCUT2D eigenvalue weighted by atomic mass is 79.9. The Hall–Kier alpha value is -2.53. The molecule has 23 heavy (non-hydrogen) atoms. The molecule has 0 fully saturated rings. The SMILES string of the molecule is Nc1cncc(Br)c1Oc1cccc(OCc2ccccc2)c1. The summed E-state index contributed by atoms with van der Waals surface area (Å²) in [6.45, 7) is 0.505. The first-order valence-corrected chi connectivity index (χ1v) is 7.85. The molecule has 4 nitrogen and oxygen atoms in total. The highest BCUT2D eigenvalue weighted by molar-refractivity contribution is 9.10. The van der Waals surface area contributed by atoms with E-state index in [9.17, 15) is 0 Å². The van der Waals surface area contributed by atoms with Gasteiger partial charge in [-0.15, -0.1) is 0 Å². The maximum Gasteiger partial charge on any atom is 0.167 e. The van der Waals surface area contributed by atoms with Gasteiger partial charge in [0.1, 0.15) is 18.1 Å². The second-order valence-corrected chi connectivity index (χ2v) is 5.75. The van der Waals surface area contributed by atoms with E-state index in [0.29, 0.717) is 28.3 Å². The first-order chi connectivity index (χ1) is 11.2. The van der Waals surface area contributed by atoms with E-state index in [4.69, 9.17) is 15.2 Å². The van der Waals surface area contributed by atoms with Crippen molar-refractivity contribution in [3.63, 3.8) is 0 Å². The molecular weight excluding hydrogens is 356 g/mol. The maximum absolute atomic E-state index is 5.89. The van der Waals surface area contributed by atoms with Crippen LogP contribution in [0.2, 0.25) is 0 Å². The zero-order valence-corrected chi connectivity index (χ0v) is 13.9. The molecule has 2 N–H and O–H groups in total. The standard InChI is InChI=1S/C18H15BrN2O2/c19-16-10-21-11-17(20)18(16)23-15-8-4-7-14(9-15)22-12-13-5-2-1-3-6-13/h1-11H,12,20H2. The van der Waals surface area contributed by atoms with Crippen LogP contribution in [0, 0.1) is 0 Å². The van der Waals surface area contributed by atoms with Crippen molar-refractivity contribution >= 4 is 21.6 Å². The topological polar surface area (TPSA) is 57.4 Å². The van der Waals surface area contributed by atoms with Crippen molar-refractivity contribution in [2.75, 3.05) is 5.73 Å². The Kier molecular flexibility index (Phi) is 4.78. The Bertz CT molecular complexity index is 774. The van der Waals surface area contributed by atoms with Crippen molar-refractivity contribution in [3.8, 4) is 17.2 Å². The van der Waals surface area contributed by atoms with Gasteiger partial charge < -0.3 is 15.2 Å². The number of aromatic nitrogens is 1. The van der Waals surface area contributed by atoms with Crippen molar-refractivity contribution in [1.29, 1.82) is 0 Å². The molecule has 0 amide bonds. The third-order valence-electron chi connectivity index (χ3n) is 3.15. The summed E-state index contributed by atoms with van der Waals surface area (Å²) in [5.41, 5.74) is 7.47. The van der Waals surface area contributed by atoms with Crippen molar-refractivity contribution in [1.82, 2.24) is 4.98 Å². The molecule has 1 aromatic heterocycles. The fourth-order valence-corrected chi connectivity index (χ4v) is 2.46. The van der Waals surface area contributed by atoms with Gasteiger partial charge in [-0.1, -0.05) is 36.4 Å². The summed E-state index contributed by atoms with van der Waals surface area (Å²) >= 11 is 3.39. The van der Waals surface area contributed by atoms with Crippen LogP contribution in [0.5, 0.6) is 17.2 Å². The molecule has 1 heterocycles. The average Bonchev–Trinajstić information content (AvgIpc) is 2.58. The minimum atomic E-state index is 0.468. The highest BCUT2D eigenvalue weighted by Gasteiger charge is 2.08. The third kappa shape index (κ3) is 4.02. The quantitative estimate of drug-likeness (QED) is 0.700. The molecule has 116 valence electrons. The molecule has 0 saturated carbocycles. The van der Waals surface area contributed by atoms with E-state index in [1.165, 1.54) is 0 Å². The molecule has 2 aromatic carbocycles. The number of rotatable bonds is 5. The van der Waals surface area contributed by atoms with E-state index in [-0.39, 0.29) is 0 Å². The number of hydrogen-bond acceptors (Lipinski definition) is 4. The minimum Gasteiger partial charge on any atom is -0.489 e. The molecule has 3 rings (SSSR count). The zero-order chi connectivity index (χ0) is 16.1. The van der Waals surface area contributed by atoms with Crippen LogP contribution in [0.4, 0.5) is 5.69 Å². The lowest BCUT2D eigenvalue weighted by Gasteiger charge is -2.11. The predicted octanol–water partition coefficient (Wildman–Crippen LogP) is 4.80. The van der Waals surface area contributed by atoms with Crippen LogP contribution < -0.4 is 15.2 Å². The Labute approximate surface area is 143 Å². The number of pyridine rings is 1. The predicted molar refractivity (Wildman–Crippen MR) is 93.6 cm³/mol. The van der Waals surface area contributed by atoms with Gasteiger partial charge in [-0.05, 0) is 33.6 Å². The summed E-state index contributed by atoms with van der Waals surface area (Å²) in [6.07, 6.45) is 3.19. The average molecular weight is 371 g/mol. The largest absolute Gasteiger partial charge is 0.489 e. The Morgan fingerprint density at radius 2 is 1.74 bits per heavy atom. The molecule has 0 bridgehead atoms. The van der Waals surface area contributed by atoms with Crippen molar-refractivity contribution in [3.05, 3.63) is 77.0 Å². The smallest absolute Gasteiger partial charge is 0.167 e. The summed E-state index contributed by atoms with van der Waals surface area (Å²) in [4.78, 5) is 3.99. The van der Waals surface area contributed by atoms with Crippen LogP contribution in [0.25, 0.3) is 0 Å².